The lowest BCUT2D eigenvalue weighted by molar-refractivity contribution is -0.232. The van der Waals surface area contributed by atoms with Crippen LogP contribution in [0.1, 0.15) is 58.2 Å². The van der Waals surface area contributed by atoms with E-state index < -0.39 is 28.8 Å². The Labute approximate surface area is 291 Å². The first kappa shape index (κ1) is 38.1. The first-order valence-corrected chi connectivity index (χ1v) is 23.7. The Kier molecular flexibility index (Phi) is 12.8. The van der Waals surface area contributed by atoms with Crippen molar-refractivity contribution >= 4 is 28.4 Å². The predicted molar refractivity (Wildman–Crippen MR) is 201 cm³/mol. The van der Waals surface area contributed by atoms with Crippen LogP contribution in [0, 0.1) is 6.92 Å². The van der Waals surface area contributed by atoms with Gasteiger partial charge in [-0.1, -0.05) is 132 Å². The van der Waals surface area contributed by atoms with Gasteiger partial charge in [-0.3, -0.25) is 0 Å². The summed E-state index contributed by atoms with van der Waals surface area (Å²) in [5.41, 5.74) is 3.11. The quantitative estimate of drug-likeness (QED) is 0.166. The van der Waals surface area contributed by atoms with Crippen molar-refractivity contribution in [2.24, 2.45) is 0 Å². The minimum Gasteiger partial charge on any atom is -0.414 e. The van der Waals surface area contributed by atoms with Gasteiger partial charge in [-0.25, -0.2) is 0 Å². The van der Waals surface area contributed by atoms with E-state index in [-0.39, 0.29) is 27.7 Å². The van der Waals surface area contributed by atoms with Gasteiger partial charge in [-0.15, -0.1) is 0 Å². The van der Waals surface area contributed by atoms with Gasteiger partial charge in [-0.05, 0) is 66.4 Å². The first-order valence-electron chi connectivity index (χ1n) is 17.0. The Morgan fingerprint density at radius 3 is 1.62 bits per heavy atom. The van der Waals surface area contributed by atoms with Gasteiger partial charge in [0.25, 0.3) is 0 Å². The summed E-state index contributed by atoms with van der Waals surface area (Å²) in [6.07, 6.45) is -1.50. The van der Waals surface area contributed by atoms with Crippen LogP contribution in [-0.4, -0.2) is 53.1 Å². The van der Waals surface area contributed by atoms with E-state index >= 15 is 0 Å². The maximum Gasteiger partial charge on any atom is 0.192 e. The molecule has 1 fully saturated rings. The van der Waals surface area contributed by atoms with E-state index in [0.717, 1.165) is 16.0 Å². The Hall–Kier alpha value is -1.76. The first-order chi connectivity index (χ1) is 22.0. The maximum atomic E-state index is 7.34. The Morgan fingerprint density at radius 1 is 0.638 bits per heavy atom. The van der Waals surface area contributed by atoms with Crippen molar-refractivity contribution in [1.29, 1.82) is 0 Å². The van der Waals surface area contributed by atoms with Crippen LogP contribution in [-0.2, 0) is 36.3 Å². The van der Waals surface area contributed by atoms with Crippen molar-refractivity contribution in [2.45, 2.75) is 133 Å². The van der Waals surface area contributed by atoms with E-state index in [9.17, 15) is 0 Å². The van der Waals surface area contributed by atoms with E-state index in [2.05, 4.69) is 147 Å². The highest BCUT2D eigenvalue weighted by Crippen LogP contribution is 2.44. The number of benzene rings is 3. The number of hydrogen-bond donors (Lipinski definition) is 0. The van der Waals surface area contributed by atoms with Crippen LogP contribution in [0.4, 0.5) is 0 Å². The number of hydrogen-bond acceptors (Lipinski definition) is 6. The third-order valence-electron chi connectivity index (χ3n) is 10.1. The molecule has 5 nitrogen and oxygen atoms in total. The van der Waals surface area contributed by atoms with Gasteiger partial charge >= 0.3 is 0 Å². The molecule has 5 atom stereocenters. The predicted octanol–water partition coefficient (Wildman–Crippen LogP) is 10.4. The summed E-state index contributed by atoms with van der Waals surface area (Å²) in [5, 5.41) is 0.0632. The molecule has 0 unspecified atom stereocenters. The Balaban J connectivity index is 1.78. The molecule has 0 bridgehead atoms. The smallest absolute Gasteiger partial charge is 0.192 e. The van der Waals surface area contributed by atoms with Gasteiger partial charge in [0.1, 0.15) is 29.9 Å². The molecule has 1 aliphatic rings. The summed E-state index contributed by atoms with van der Waals surface area (Å²) in [6, 6.07) is 29.3. The minimum absolute atomic E-state index is 0.00426. The fourth-order valence-corrected chi connectivity index (χ4v) is 8.38. The van der Waals surface area contributed by atoms with Crippen LogP contribution in [0.2, 0.25) is 36.3 Å². The number of rotatable bonds is 13. The van der Waals surface area contributed by atoms with Crippen LogP contribution in [0.5, 0.6) is 0 Å². The molecule has 47 heavy (non-hydrogen) atoms. The number of ether oxygens (including phenoxy) is 3. The largest absolute Gasteiger partial charge is 0.414 e. The third kappa shape index (κ3) is 10.4. The minimum atomic E-state index is -2.28. The van der Waals surface area contributed by atoms with Crippen LogP contribution in [0.25, 0.3) is 0 Å². The second kappa shape index (κ2) is 15.9. The molecule has 0 saturated carbocycles. The average molecular weight is 695 g/mol. The van der Waals surface area contributed by atoms with E-state index in [0.29, 0.717) is 19.8 Å². The molecule has 0 aromatic heterocycles. The van der Waals surface area contributed by atoms with Crippen LogP contribution >= 0.6 is 11.8 Å². The van der Waals surface area contributed by atoms with Gasteiger partial charge in [0, 0.05) is 4.90 Å². The van der Waals surface area contributed by atoms with Crippen molar-refractivity contribution in [1.82, 2.24) is 0 Å². The lowest BCUT2D eigenvalue weighted by Gasteiger charge is -2.50. The second-order valence-electron chi connectivity index (χ2n) is 15.9. The summed E-state index contributed by atoms with van der Waals surface area (Å²) in [4.78, 5) is 1.13. The number of aryl methyl sites for hydroxylation is 1. The highest BCUT2D eigenvalue weighted by molar-refractivity contribution is 7.99. The fourth-order valence-electron chi connectivity index (χ4n) is 4.92. The van der Waals surface area contributed by atoms with Crippen molar-refractivity contribution in [2.75, 3.05) is 6.61 Å². The zero-order valence-electron chi connectivity index (χ0n) is 30.5. The van der Waals surface area contributed by atoms with E-state index in [1.807, 2.05) is 12.1 Å². The lowest BCUT2D eigenvalue weighted by Crippen LogP contribution is -2.64. The summed E-state index contributed by atoms with van der Waals surface area (Å²) in [7, 11) is -4.37. The van der Waals surface area contributed by atoms with Gasteiger partial charge in [0.2, 0.25) is 0 Å². The molecular formula is C39H58O5SSi2. The van der Waals surface area contributed by atoms with Gasteiger partial charge in [0.05, 0.1) is 19.8 Å². The zero-order valence-corrected chi connectivity index (χ0v) is 33.4. The highest BCUT2D eigenvalue weighted by atomic mass is 32.2. The van der Waals surface area contributed by atoms with Crippen LogP contribution < -0.4 is 0 Å². The van der Waals surface area contributed by atoms with Crippen molar-refractivity contribution in [3.63, 3.8) is 0 Å². The molecule has 0 aliphatic carbocycles. The summed E-state index contributed by atoms with van der Waals surface area (Å²) < 4.78 is 35.3. The van der Waals surface area contributed by atoms with E-state index in [1.165, 1.54) is 5.56 Å². The van der Waals surface area contributed by atoms with E-state index in [1.54, 1.807) is 11.8 Å². The lowest BCUT2D eigenvalue weighted by atomic mass is 9.99. The topological polar surface area (TPSA) is 46.2 Å². The maximum absolute atomic E-state index is 7.34. The molecule has 1 saturated heterocycles. The van der Waals surface area contributed by atoms with Gasteiger partial charge in [0.15, 0.2) is 16.6 Å². The van der Waals surface area contributed by atoms with Gasteiger partial charge < -0.3 is 23.1 Å². The molecule has 0 amide bonds. The third-order valence-corrected chi connectivity index (χ3v) is 20.2. The average Bonchev–Trinajstić information content (AvgIpc) is 3.00. The normalized spacial score (nSPS) is 22.7. The summed E-state index contributed by atoms with van der Waals surface area (Å²) in [6.45, 7) is 26.3. The molecule has 1 aliphatic heterocycles. The zero-order chi connectivity index (χ0) is 34.5. The highest BCUT2D eigenvalue weighted by Gasteiger charge is 2.53. The molecule has 8 heteroatoms. The molecule has 3 aromatic rings. The Morgan fingerprint density at radius 2 is 1.13 bits per heavy atom. The molecular weight excluding hydrogens is 637 g/mol. The molecule has 0 N–H and O–H groups in total. The van der Waals surface area contributed by atoms with Gasteiger partial charge in [-0.2, -0.15) is 0 Å². The molecule has 1 heterocycles. The molecule has 4 rings (SSSR count). The van der Waals surface area contributed by atoms with Crippen molar-refractivity contribution < 1.29 is 23.1 Å². The summed E-state index contributed by atoms with van der Waals surface area (Å²) >= 11 is 1.69. The van der Waals surface area contributed by atoms with Crippen molar-refractivity contribution in [3.05, 3.63) is 102 Å². The van der Waals surface area contributed by atoms with Crippen LogP contribution in [0.3, 0.4) is 0 Å². The van der Waals surface area contributed by atoms with Crippen LogP contribution in [0.15, 0.2) is 89.8 Å². The summed E-state index contributed by atoms with van der Waals surface area (Å²) in [5.74, 6) is 0. The molecule has 3 aromatic carbocycles. The number of thioether (sulfide) groups is 1. The van der Waals surface area contributed by atoms with Crippen molar-refractivity contribution in [3.8, 4) is 0 Å². The standard InChI is InChI=1S/C39H58O5SSi2/c1-29-22-24-32(25-23-29)45-37-36(41-27-31-20-16-13-17-21-31)35(40-26-30-18-14-12-15-19-30)34(44-47(10,11)39(5,6)7)33(43-37)28-42-46(8,9)38(2,3)4/h12-25,33-37H,26-28H2,1-11H3/t33-,34-,35+,36-,37+/m1/s1. The Bertz CT molecular complexity index is 1370. The molecule has 0 spiro atoms. The van der Waals surface area contributed by atoms with E-state index in [4.69, 9.17) is 23.1 Å². The fraction of sp³-hybridized carbons (Fsp3) is 0.538. The second-order valence-corrected chi connectivity index (χ2v) is 26.6. The molecule has 0 radical (unpaired) electrons. The SMILES string of the molecule is Cc1ccc(S[C@@H]2O[C@H](CO[Si](C)(C)C(C)(C)C)[C@@H](O[Si](C)(C)C(C)(C)C)[C@H](OCc3ccccc3)[C@H]2OCc2ccccc2)cc1. The molecule has 258 valence electrons. The monoisotopic (exact) mass is 694 g/mol.